The van der Waals surface area contributed by atoms with Crippen molar-refractivity contribution in [2.45, 2.75) is 44.9 Å². The smallest absolute Gasteiger partial charge is 0.210 e. The third kappa shape index (κ3) is 4.72. The first-order valence-electron chi connectivity index (χ1n) is 10.4. The Morgan fingerprint density at radius 3 is 2.21 bits per heavy atom. The van der Waals surface area contributed by atoms with Crippen LogP contribution in [0.5, 0.6) is 0 Å². The molecule has 0 aliphatic carbocycles. The third-order valence-corrected chi connectivity index (χ3v) is 10.4. The zero-order valence-corrected chi connectivity index (χ0v) is 18.6. The molecule has 1 unspecified atom stereocenters. The summed E-state index contributed by atoms with van der Waals surface area (Å²) in [5, 5.41) is 13.4. The second-order valence-electron chi connectivity index (χ2n) is 7.92. The van der Waals surface area contributed by atoms with Crippen LogP contribution < -0.4 is 10.4 Å². The standard InChI is InChI=1S/C25H32O3Si/c1-4-5-8-17-23-24(20-25(2,28-23)27-19-18-26)29(3,21-13-9-6-10-14-21)22-15-11-7-12-16-22/h4,6-7,9-16,26H,1,5,8,17-20H2,2-3H3. The van der Waals surface area contributed by atoms with Crippen LogP contribution in [0.4, 0.5) is 0 Å². The quantitative estimate of drug-likeness (QED) is 0.364. The maximum absolute atomic E-state index is 9.27. The van der Waals surface area contributed by atoms with Gasteiger partial charge in [0.2, 0.25) is 5.79 Å². The van der Waals surface area contributed by atoms with Gasteiger partial charge < -0.3 is 14.6 Å². The van der Waals surface area contributed by atoms with E-state index in [4.69, 9.17) is 9.47 Å². The minimum absolute atomic E-state index is 0.00779. The first kappa shape index (κ1) is 21.6. The highest BCUT2D eigenvalue weighted by atomic mass is 28.3. The van der Waals surface area contributed by atoms with Crippen molar-refractivity contribution in [3.05, 3.63) is 84.3 Å². The van der Waals surface area contributed by atoms with Gasteiger partial charge in [-0.05, 0) is 28.4 Å². The van der Waals surface area contributed by atoms with Crippen LogP contribution in [0, 0.1) is 0 Å². The van der Waals surface area contributed by atoms with E-state index in [1.54, 1.807) is 0 Å². The van der Waals surface area contributed by atoms with Gasteiger partial charge in [-0.15, -0.1) is 6.58 Å². The molecule has 0 bridgehead atoms. The first-order chi connectivity index (χ1) is 14.0. The van der Waals surface area contributed by atoms with Gasteiger partial charge in [-0.25, -0.2) is 0 Å². The van der Waals surface area contributed by atoms with Crippen LogP contribution in [0.25, 0.3) is 0 Å². The van der Waals surface area contributed by atoms with E-state index in [0.717, 1.165) is 31.4 Å². The lowest BCUT2D eigenvalue weighted by Crippen LogP contribution is -2.58. The van der Waals surface area contributed by atoms with Gasteiger partial charge in [0, 0.05) is 19.8 Å². The van der Waals surface area contributed by atoms with Crippen LogP contribution >= 0.6 is 0 Å². The van der Waals surface area contributed by atoms with E-state index in [0.29, 0.717) is 0 Å². The fourth-order valence-corrected chi connectivity index (χ4v) is 8.40. The van der Waals surface area contributed by atoms with Gasteiger partial charge >= 0.3 is 0 Å². The molecule has 3 rings (SSSR count). The number of rotatable bonds is 10. The van der Waals surface area contributed by atoms with Crippen LogP contribution in [0.3, 0.4) is 0 Å². The zero-order chi connectivity index (χ0) is 20.7. The molecule has 1 aliphatic rings. The van der Waals surface area contributed by atoms with Gasteiger partial charge in [0.05, 0.1) is 19.0 Å². The summed E-state index contributed by atoms with van der Waals surface area (Å²) < 4.78 is 12.4. The minimum atomic E-state index is -2.23. The molecule has 2 aromatic rings. The summed E-state index contributed by atoms with van der Waals surface area (Å²) >= 11 is 0. The summed E-state index contributed by atoms with van der Waals surface area (Å²) in [6, 6.07) is 21.6. The Kier molecular flexibility index (Phi) is 7.12. The highest BCUT2D eigenvalue weighted by molar-refractivity contribution is 7.06. The molecule has 154 valence electrons. The summed E-state index contributed by atoms with van der Waals surface area (Å²) in [4.78, 5) is 0. The van der Waals surface area contributed by atoms with Gasteiger partial charge in [0.1, 0.15) is 8.07 Å². The van der Waals surface area contributed by atoms with E-state index in [9.17, 15) is 5.11 Å². The Labute approximate surface area is 175 Å². The second kappa shape index (κ2) is 9.57. The third-order valence-electron chi connectivity index (χ3n) is 5.79. The number of hydrogen-bond acceptors (Lipinski definition) is 3. The number of aliphatic hydroxyl groups is 1. The zero-order valence-electron chi connectivity index (χ0n) is 17.6. The maximum atomic E-state index is 9.27. The van der Waals surface area contributed by atoms with Gasteiger partial charge in [-0.1, -0.05) is 73.3 Å². The number of unbranched alkanes of at least 4 members (excludes halogenated alkanes) is 1. The minimum Gasteiger partial charge on any atom is -0.467 e. The average molecular weight is 409 g/mol. The molecule has 3 nitrogen and oxygen atoms in total. The Bertz CT molecular complexity index is 792. The predicted molar refractivity (Wildman–Crippen MR) is 122 cm³/mol. The Morgan fingerprint density at radius 1 is 1.10 bits per heavy atom. The van der Waals surface area contributed by atoms with Gasteiger partial charge in [0.15, 0.2) is 0 Å². The van der Waals surface area contributed by atoms with E-state index < -0.39 is 13.9 Å². The topological polar surface area (TPSA) is 38.7 Å². The highest BCUT2D eigenvalue weighted by Crippen LogP contribution is 2.41. The van der Waals surface area contributed by atoms with Gasteiger partial charge in [-0.2, -0.15) is 0 Å². The van der Waals surface area contributed by atoms with Gasteiger partial charge in [-0.3, -0.25) is 0 Å². The second-order valence-corrected chi connectivity index (χ2v) is 11.9. The molecule has 0 saturated carbocycles. The van der Waals surface area contributed by atoms with Crippen molar-refractivity contribution >= 4 is 18.4 Å². The van der Waals surface area contributed by atoms with Crippen LogP contribution in [0.2, 0.25) is 6.55 Å². The molecule has 0 aromatic heterocycles. The molecule has 0 amide bonds. The van der Waals surface area contributed by atoms with Crippen molar-refractivity contribution in [1.29, 1.82) is 0 Å². The first-order valence-corrected chi connectivity index (χ1v) is 12.9. The SMILES string of the molecule is C=CCCCC1=C([Si](C)(c2ccccc2)c2ccccc2)CC(C)(OCCO)O1. The summed E-state index contributed by atoms with van der Waals surface area (Å²) in [7, 11) is -2.23. The normalized spacial score (nSPS) is 19.3. The largest absolute Gasteiger partial charge is 0.467 e. The Morgan fingerprint density at radius 2 is 1.69 bits per heavy atom. The van der Waals surface area contributed by atoms with Crippen LogP contribution in [0.1, 0.15) is 32.6 Å². The van der Waals surface area contributed by atoms with Crippen LogP contribution in [-0.4, -0.2) is 32.2 Å². The van der Waals surface area contributed by atoms with Crippen molar-refractivity contribution < 1.29 is 14.6 Å². The van der Waals surface area contributed by atoms with E-state index in [-0.39, 0.29) is 13.2 Å². The van der Waals surface area contributed by atoms with Crippen LogP contribution in [-0.2, 0) is 9.47 Å². The molecule has 2 aromatic carbocycles. The van der Waals surface area contributed by atoms with Crippen LogP contribution in [0.15, 0.2) is 84.3 Å². The molecule has 1 aliphatic heterocycles. The van der Waals surface area contributed by atoms with Crippen molar-refractivity contribution in [2.75, 3.05) is 13.2 Å². The number of hydrogen-bond donors (Lipinski definition) is 1. The fourth-order valence-electron chi connectivity index (χ4n) is 4.24. The highest BCUT2D eigenvalue weighted by Gasteiger charge is 2.47. The van der Waals surface area contributed by atoms with E-state index in [1.165, 1.54) is 15.6 Å². The number of ether oxygens (including phenoxy) is 2. The van der Waals surface area contributed by atoms with Gasteiger partial charge in [0.25, 0.3) is 0 Å². The molecule has 0 saturated heterocycles. The number of aliphatic hydroxyl groups excluding tert-OH is 1. The molecule has 1 N–H and O–H groups in total. The van der Waals surface area contributed by atoms with Crippen molar-refractivity contribution in [3.8, 4) is 0 Å². The lowest BCUT2D eigenvalue weighted by Gasteiger charge is -2.31. The Balaban J connectivity index is 2.09. The van der Waals surface area contributed by atoms with E-state index in [1.807, 2.05) is 13.0 Å². The molecular weight excluding hydrogens is 376 g/mol. The maximum Gasteiger partial charge on any atom is 0.210 e. The molecule has 0 spiro atoms. The van der Waals surface area contributed by atoms with Crippen molar-refractivity contribution in [2.24, 2.45) is 0 Å². The molecule has 0 fully saturated rings. The van der Waals surface area contributed by atoms with Crippen molar-refractivity contribution in [1.82, 2.24) is 0 Å². The summed E-state index contributed by atoms with van der Waals surface area (Å²) in [6.07, 6.45) is 5.53. The average Bonchev–Trinajstić information content (AvgIpc) is 3.10. The van der Waals surface area contributed by atoms with Crippen molar-refractivity contribution in [3.63, 3.8) is 0 Å². The molecule has 1 heterocycles. The fraction of sp³-hybridized carbons (Fsp3) is 0.360. The Hall–Kier alpha value is -2.14. The lowest BCUT2D eigenvalue weighted by molar-refractivity contribution is -0.193. The summed E-state index contributed by atoms with van der Waals surface area (Å²) in [5.41, 5.74) is 0. The predicted octanol–water partition coefficient (Wildman–Crippen LogP) is 4.17. The molecular formula is C25H32O3Si. The number of benzene rings is 2. The molecule has 29 heavy (non-hydrogen) atoms. The molecule has 4 heteroatoms. The monoisotopic (exact) mass is 408 g/mol. The number of allylic oxidation sites excluding steroid dienone is 2. The van der Waals surface area contributed by atoms with E-state index >= 15 is 0 Å². The lowest BCUT2D eigenvalue weighted by atomic mass is 10.2. The van der Waals surface area contributed by atoms with E-state index in [2.05, 4.69) is 73.8 Å². The summed E-state index contributed by atoms with van der Waals surface area (Å²) in [6.45, 7) is 8.54. The summed E-state index contributed by atoms with van der Waals surface area (Å²) in [5.74, 6) is 0.341. The molecule has 1 atom stereocenters. The molecule has 0 radical (unpaired) electrons.